The Morgan fingerprint density at radius 2 is 1.74 bits per heavy atom. The summed E-state index contributed by atoms with van der Waals surface area (Å²) < 4.78 is 0. The van der Waals surface area contributed by atoms with Crippen LogP contribution in [0.25, 0.3) is 0 Å². The molecule has 1 atom stereocenters. The van der Waals surface area contributed by atoms with Crippen LogP contribution in [-0.2, 0) is 11.2 Å². The summed E-state index contributed by atoms with van der Waals surface area (Å²) in [6.45, 7) is 1.66. The molecular weight excluding hydrogens is 258 g/mol. The number of alkyl halides is 1. The van der Waals surface area contributed by atoms with Gasteiger partial charge in [0.25, 0.3) is 0 Å². The lowest BCUT2D eigenvalue weighted by Crippen LogP contribution is -2.21. The Balaban J connectivity index is 2.19. The molecule has 0 saturated heterocycles. The van der Waals surface area contributed by atoms with E-state index in [9.17, 15) is 4.79 Å². The van der Waals surface area contributed by atoms with Crippen LogP contribution in [0.4, 0.5) is 5.69 Å². The number of rotatable bonds is 4. The first kappa shape index (κ1) is 13.6. The maximum Gasteiger partial charge on any atom is 0.242 e. The van der Waals surface area contributed by atoms with Gasteiger partial charge in [-0.2, -0.15) is 0 Å². The molecule has 0 bridgehead atoms. The van der Waals surface area contributed by atoms with E-state index in [0.717, 1.165) is 17.7 Å². The van der Waals surface area contributed by atoms with Crippen LogP contribution in [0.3, 0.4) is 0 Å². The second-order valence-electron chi connectivity index (χ2n) is 4.42. The van der Waals surface area contributed by atoms with Gasteiger partial charge in [-0.1, -0.05) is 48.5 Å². The third-order valence-electron chi connectivity index (χ3n) is 2.87. The number of hydrogen-bond donors (Lipinski definition) is 1. The van der Waals surface area contributed by atoms with E-state index in [1.54, 1.807) is 6.92 Å². The average Bonchev–Trinajstić information content (AvgIpc) is 2.42. The lowest BCUT2D eigenvalue weighted by Gasteiger charge is -2.12. The molecule has 98 valence electrons. The van der Waals surface area contributed by atoms with Crippen LogP contribution in [-0.4, -0.2) is 11.3 Å². The van der Waals surface area contributed by atoms with E-state index >= 15 is 0 Å². The first-order valence-corrected chi connectivity index (χ1v) is 6.67. The van der Waals surface area contributed by atoms with Crippen LogP contribution in [0.1, 0.15) is 18.1 Å². The van der Waals surface area contributed by atoms with Gasteiger partial charge >= 0.3 is 0 Å². The number of para-hydroxylation sites is 1. The molecule has 0 aliphatic rings. The maximum absolute atomic E-state index is 11.7. The van der Waals surface area contributed by atoms with Crippen molar-refractivity contribution in [3.8, 4) is 0 Å². The number of nitrogens with one attached hydrogen (secondary N) is 1. The monoisotopic (exact) mass is 273 g/mol. The zero-order chi connectivity index (χ0) is 13.7. The molecule has 1 amide bonds. The molecule has 2 rings (SSSR count). The number of amides is 1. The summed E-state index contributed by atoms with van der Waals surface area (Å²) in [4.78, 5) is 11.7. The molecule has 0 spiro atoms. The molecule has 0 aliphatic carbocycles. The number of hydrogen-bond acceptors (Lipinski definition) is 1. The molecule has 0 fully saturated rings. The van der Waals surface area contributed by atoms with Gasteiger partial charge in [-0.25, -0.2) is 0 Å². The third kappa shape index (κ3) is 3.83. The van der Waals surface area contributed by atoms with Crippen molar-refractivity contribution in [3.05, 3.63) is 65.7 Å². The van der Waals surface area contributed by atoms with Crippen molar-refractivity contribution in [2.24, 2.45) is 0 Å². The van der Waals surface area contributed by atoms with Gasteiger partial charge < -0.3 is 5.32 Å². The smallest absolute Gasteiger partial charge is 0.242 e. The van der Waals surface area contributed by atoms with E-state index in [1.807, 2.05) is 42.5 Å². The minimum atomic E-state index is -0.537. The van der Waals surface area contributed by atoms with Gasteiger partial charge in [-0.15, -0.1) is 11.6 Å². The minimum Gasteiger partial charge on any atom is -0.325 e. The molecular formula is C16H16ClNO. The van der Waals surface area contributed by atoms with Gasteiger partial charge in [0.05, 0.1) is 0 Å². The normalized spacial score (nSPS) is 11.9. The zero-order valence-electron chi connectivity index (χ0n) is 10.8. The fourth-order valence-electron chi connectivity index (χ4n) is 1.84. The third-order valence-corrected chi connectivity index (χ3v) is 3.07. The van der Waals surface area contributed by atoms with Crippen LogP contribution >= 0.6 is 11.6 Å². The summed E-state index contributed by atoms with van der Waals surface area (Å²) in [5, 5.41) is 2.32. The standard InChI is InChI=1S/C16H16ClNO/c1-12(17)16(19)18-15-10-6-5-9-14(15)11-13-7-3-2-4-8-13/h2-10,12H,11H2,1H3,(H,18,19). The van der Waals surface area contributed by atoms with Crippen molar-refractivity contribution in [1.82, 2.24) is 0 Å². The Bertz CT molecular complexity index is 552. The predicted octanol–water partition coefficient (Wildman–Crippen LogP) is 3.84. The van der Waals surface area contributed by atoms with Gasteiger partial charge in [0.15, 0.2) is 0 Å². The molecule has 3 heteroatoms. The van der Waals surface area contributed by atoms with E-state index < -0.39 is 5.38 Å². The van der Waals surface area contributed by atoms with Gasteiger partial charge in [-0.3, -0.25) is 4.79 Å². The number of halogens is 1. The molecule has 19 heavy (non-hydrogen) atoms. The first-order valence-electron chi connectivity index (χ1n) is 6.23. The molecule has 1 unspecified atom stereocenters. The minimum absolute atomic E-state index is 0.179. The Morgan fingerprint density at radius 1 is 1.11 bits per heavy atom. The summed E-state index contributed by atoms with van der Waals surface area (Å²) in [5.74, 6) is -0.179. The van der Waals surface area contributed by atoms with Crippen molar-refractivity contribution < 1.29 is 4.79 Å². The molecule has 2 aromatic rings. The molecule has 0 aliphatic heterocycles. The van der Waals surface area contributed by atoms with Gasteiger partial charge in [0.1, 0.15) is 5.38 Å². The highest BCUT2D eigenvalue weighted by Crippen LogP contribution is 2.19. The highest BCUT2D eigenvalue weighted by atomic mass is 35.5. The van der Waals surface area contributed by atoms with E-state index in [-0.39, 0.29) is 5.91 Å². The SMILES string of the molecule is CC(Cl)C(=O)Nc1ccccc1Cc1ccccc1. The summed E-state index contributed by atoms with van der Waals surface area (Å²) in [6, 6.07) is 17.9. The topological polar surface area (TPSA) is 29.1 Å². The largest absolute Gasteiger partial charge is 0.325 e. The van der Waals surface area contributed by atoms with Crippen molar-refractivity contribution in [2.45, 2.75) is 18.7 Å². The Kier molecular flexibility index (Phi) is 4.58. The summed E-state index contributed by atoms with van der Waals surface area (Å²) in [7, 11) is 0. The van der Waals surface area contributed by atoms with Crippen LogP contribution in [0, 0.1) is 0 Å². The van der Waals surface area contributed by atoms with Crippen molar-refractivity contribution in [1.29, 1.82) is 0 Å². The molecule has 0 aromatic heterocycles. The molecule has 2 nitrogen and oxygen atoms in total. The van der Waals surface area contributed by atoms with Crippen LogP contribution < -0.4 is 5.32 Å². The van der Waals surface area contributed by atoms with Crippen molar-refractivity contribution >= 4 is 23.2 Å². The van der Waals surface area contributed by atoms with Crippen molar-refractivity contribution in [2.75, 3.05) is 5.32 Å². The van der Waals surface area contributed by atoms with E-state index in [1.165, 1.54) is 5.56 Å². The number of carbonyl (C=O) groups excluding carboxylic acids is 1. The summed E-state index contributed by atoms with van der Waals surface area (Å²) >= 11 is 5.78. The molecule has 0 heterocycles. The van der Waals surface area contributed by atoms with Crippen LogP contribution in [0.15, 0.2) is 54.6 Å². The lowest BCUT2D eigenvalue weighted by atomic mass is 10.0. The molecule has 0 saturated carbocycles. The first-order chi connectivity index (χ1) is 9.16. The number of carbonyl (C=O) groups is 1. The van der Waals surface area contributed by atoms with Crippen LogP contribution in [0.5, 0.6) is 0 Å². The fraction of sp³-hybridized carbons (Fsp3) is 0.188. The number of benzene rings is 2. The fourth-order valence-corrected chi connectivity index (χ4v) is 1.90. The molecule has 2 aromatic carbocycles. The van der Waals surface area contributed by atoms with Crippen LogP contribution in [0.2, 0.25) is 0 Å². The number of anilines is 1. The quantitative estimate of drug-likeness (QED) is 0.843. The van der Waals surface area contributed by atoms with Gasteiger partial charge in [-0.05, 0) is 30.5 Å². The van der Waals surface area contributed by atoms with E-state index in [4.69, 9.17) is 11.6 Å². The Morgan fingerprint density at radius 3 is 2.42 bits per heavy atom. The summed E-state index contributed by atoms with van der Waals surface area (Å²) in [6.07, 6.45) is 0.786. The average molecular weight is 274 g/mol. The lowest BCUT2D eigenvalue weighted by molar-refractivity contribution is -0.115. The maximum atomic E-state index is 11.7. The molecule has 0 radical (unpaired) electrons. The van der Waals surface area contributed by atoms with Crippen molar-refractivity contribution in [3.63, 3.8) is 0 Å². The zero-order valence-corrected chi connectivity index (χ0v) is 11.5. The van der Waals surface area contributed by atoms with E-state index in [0.29, 0.717) is 0 Å². The Labute approximate surface area is 118 Å². The second kappa shape index (κ2) is 6.39. The van der Waals surface area contributed by atoms with Gasteiger partial charge in [0, 0.05) is 5.69 Å². The highest BCUT2D eigenvalue weighted by Gasteiger charge is 2.11. The second-order valence-corrected chi connectivity index (χ2v) is 5.08. The predicted molar refractivity (Wildman–Crippen MR) is 79.6 cm³/mol. The molecule has 1 N–H and O–H groups in total. The highest BCUT2D eigenvalue weighted by molar-refractivity contribution is 6.32. The van der Waals surface area contributed by atoms with Gasteiger partial charge in [0.2, 0.25) is 5.91 Å². The Hall–Kier alpha value is -1.80. The summed E-state index contributed by atoms with van der Waals surface area (Å²) in [5.41, 5.74) is 3.12. The van der Waals surface area contributed by atoms with E-state index in [2.05, 4.69) is 17.4 Å².